The van der Waals surface area contributed by atoms with E-state index in [1.165, 1.54) is 5.56 Å². The lowest BCUT2D eigenvalue weighted by molar-refractivity contribution is 0.112. The first-order chi connectivity index (χ1) is 7.77. The van der Waals surface area contributed by atoms with Crippen molar-refractivity contribution in [2.45, 2.75) is 19.4 Å². The molecule has 4 heteroatoms. The molecule has 0 fully saturated rings. The number of hydrogen-bond acceptors (Lipinski definition) is 3. The van der Waals surface area contributed by atoms with Crippen LogP contribution < -0.4 is 0 Å². The summed E-state index contributed by atoms with van der Waals surface area (Å²) in [5.74, 6) is 0. The van der Waals surface area contributed by atoms with Crippen molar-refractivity contribution < 1.29 is 9.59 Å². The largest absolute Gasteiger partial charge is 0.332 e. The Morgan fingerprint density at radius 3 is 2.94 bits per heavy atom. The molecule has 3 nitrogen and oxygen atoms in total. The van der Waals surface area contributed by atoms with Crippen LogP contribution in [0.3, 0.4) is 0 Å². The number of benzene rings is 1. The average Bonchev–Trinajstić information content (AvgIpc) is 2.32. The standard InChI is InChI=1S/C12H14BNO2/c1-9-11-4-2-3-10(7-15)12(11)5-6-14(9)13-8-16/h2-4,7-9,13H,5-6H2,1H3/t9-/m0/s1. The summed E-state index contributed by atoms with van der Waals surface area (Å²) in [4.78, 5) is 23.6. The second-order valence-corrected chi connectivity index (χ2v) is 4.12. The number of hydrogen-bond donors (Lipinski definition) is 0. The molecule has 0 unspecified atom stereocenters. The van der Waals surface area contributed by atoms with E-state index in [0.717, 1.165) is 36.6 Å². The minimum atomic E-state index is 0.217. The molecule has 1 aromatic carbocycles. The summed E-state index contributed by atoms with van der Waals surface area (Å²) in [6.45, 7) is 2.92. The zero-order chi connectivity index (χ0) is 11.5. The van der Waals surface area contributed by atoms with E-state index in [0.29, 0.717) is 7.41 Å². The van der Waals surface area contributed by atoms with Gasteiger partial charge < -0.3 is 9.61 Å². The van der Waals surface area contributed by atoms with Crippen molar-refractivity contribution in [1.82, 2.24) is 4.81 Å². The maximum Gasteiger partial charge on any atom is 0.281 e. The number of carbonyl (C=O) groups is 2. The fourth-order valence-electron chi connectivity index (χ4n) is 2.40. The van der Waals surface area contributed by atoms with Crippen molar-refractivity contribution in [3.63, 3.8) is 0 Å². The maximum absolute atomic E-state index is 10.9. The molecule has 1 aliphatic heterocycles. The lowest BCUT2D eigenvalue weighted by Gasteiger charge is -2.34. The van der Waals surface area contributed by atoms with Gasteiger partial charge in [0.2, 0.25) is 0 Å². The molecule has 2 rings (SSSR count). The van der Waals surface area contributed by atoms with Gasteiger partial charge in [-0.1, -0.05) is 18.2 Å². The molecule has 0 spiro atoms. The Bertz CT molecular complexity index is 419. The zero-order valence-corrected chi connectivity index (χ0v) is 9.35. The minimum absolute atomic E-state index is 0.217. The van der Waals surface area contributed by atoms with E-state index in [-0.39, 0.29) is 6.04 Å². The summed E-state index contributed by atoms with van der Waals surface area (Å²) >= 11 is 0. The predicted octanol–water partition coefficient (Wildman–Crippen LogP) is 0.960. The molecule has 0 aromatic heterocycles. The molecule has 0 bridgehead atoms. The molecule has 0 saturated heterocycles. The number of carbonyl (C=O) groups excluding carboxylic acids is 2. The second kappa shape index (κ2) is 4.62. The number of fused-ring (bicyclic) bond motifs is 1. The van der Waals surface area contributed by atoms with Crippen molar-refractivity contribution in [1.29, 1.82) is 0 Å². The molecule has 0 saturated carbocycles. The third-order valence-corrected chi connectivity index (χ3v) is 3.33. The van der Waals surface area contributed by atoms with Crippen LogP contribution in [0.25, 0.3) is 0 Å². The highest BCUT2D eigenvalue weighted by Crippen LogP contribution is 2.29. The minimum Gasteiger partial charge on any atom is -0.332 e. The molecule has 0 N–H and O–H groups in total. The molecular formula is C12H14BNO2. The Morgan fingerprint density at radius 2 is 2.25 bits per heavy atom. The van der Waals surface area contributed by atoms with E-state index in [2.05, 4.69) is 11.7 Å². The topological polar surface area (TPSA) is 37.4 Å². The van der Waals surface area contributed by atoms with Gasteiger partial charge in [0, 0.05) is 11.6 Å². The number of nitrogens with zero attached hydrogens (tertiary/aromatic N) is 1. The highest BCUT2D eigenvalue weighted by Gasteiger charge is 2.24. The van der Waals surface area contributed by atoms with Gasteiger partial charge in [-0.3, -0.25) is 4.79 Å². The van der Waals surface area contributed by atoms with E-state index >= 15 is 0 Å². The van der Waals surface area contributed by atoms with Crippen molar-refractivity contribution in [2.24, 2.45) is 0 Å². The summed E-state index contributed by atoms with van der Waals surface area (Å²) in [6, 6.07) is 6.02. The number of rotatable bonds is 3. The molecule has 1 aromatic rings. The van der Waals surface area contributed by atoms with Crippen LogP contribution in [-0.4, -0.2) is 31.2 Å². The first-order valence-electron chi connectivity index (χ1n) is 5.52. The van der Waals surface area contributed by atoms with E-state index in [9.17, 15) is 9.59 Å². The van der Waals surface area contributed by atoms with Crippen LogP contribution in [0.2, 0.25) is 0 Å². The summed E-state index contributed by atoms with van der Waals surface area (Å²) in [5.41, 5.74) is 3.11. The Morgan fingerprint density at radius 1 is 1.44 bits per heavy atom. The third kappa shape index (κ3) is 1.81. The van der Waals surface area contributed by atoms with Crippen LogP contribution in [0.4, 0.5) is 0 Å². The first-order valence-corrected chi connectivity index (χ1v) is 5.52. The van der Waals surface area contributed by atoms with Gasteiger partial charge in [0.25, 0.3) is 7.41 Å². The molecule has 0 aliphatic carbocycles. The van der Waals surface area contributed by atoms with Gasteiger partial charge in [-0.2, -0.15) is 0 Å². The van der Waals surface area contributed by atoms with Crippen LogP contribution in [-0.2, 0) is 11.2 Å². The Kier molecular flexibility index (Phi) is 3.20. The zero-order valence-electron chi connectivity index (χ0n) is 9.35. The molecule has 1 aliphatic rings. The molecular weight excluding hydrogens is 201 g/mol. The SMILES string of the molecule is C[C@H]1c2cccc(C=O)c2CCN1BC=O. The fourth-order valence-corrected chi connectivity index (χ4v) is 2.40. The summed E-state index contributed by atoms with van der Waals surface area (Å²) in [5, 5.41) is 0. The Balaban J connectivity index is 2.38. The lowest BCUT2D eigenvalue weighted by Crippen LogP contribution is -2.37. The number of aldehydes is 1. The van der Waals surface area contributed by atoms with Gasteiger partial charge in [-0.25, -0.2) is 0 Å². The predicted molar refractivity (Wildman–Crippen MR) is 64.6 cm³/mol. The van der Waals surface area contributed by atoms with Crippen LogP contribution in [0.1, 0.15) is 34.5 Å². The molecule has 0 radical (unpaired) electrons. The van der Waals surface area contributed by atoms with Crippen LogP contribution in [0, 0.1) is 0 Å². The highest BCUT2D eigenvalue weighted by molar-refractivity contribution is 6.64. The monoisotopic (exact) mass is 215 g/mol. The second-order valence-electron chi connectivity index (χ2n) is 4.12. The van der Waals surface area contributed by atoms with E-state index < -0.39 is 0 Å². The Labute approximate surface area is 95.7 Å². The van der Waals surface area contributed by atoms with Crippen LogP contribution >= 0.6 is 0 Å². The van der Waals surface area contributed by atoms with Crippen LogP contribution in [0.5, 0.6) is 0 Å². The average molecular weight is 215 g/mol. The quantitative estimate of drug-likeness (QED) is 0.556. The van der Waals surface area contributed by atoms with Crippen molar-refractivity contribution in [3.05, 3.63) is 34.9 Å². The van der Waals surface area contributed by atoms with E-state index in [1.54, 1.807) is 0 Å². The first kappa shape index (κ1) is 11.1. The van der Waals surface area contributed by atoms with Gasteiger partial charge in [0.05, 0.1) is 6.19 Å². The molecule has 82 valence electrons. The maximum atomic E-state index is 10.9. The Hall–Kier alpha value is -1.42. The van der Waals surface area contributed by atoms with Gasteiger partial charge in [-0.15, -0.1) is 0 Å². The third-order valence-electron chi connectivity index (χ3n) is 3.33. The van der Waals surface area contributed by atoms with E-state index in [1.807, 2.05) is 18.2 Å². The van der Waals surface area contributed by atoms with Crippen molar-refractivity contribution in [3.8, 4) is 0 Å². The summed E-state index contributed by atoms with van der Waals surface area (Å²) < 4.78 is 0. The van der Waals surface area contributed by atoms with Gasteiger partial charge >= 0.3 is 0 Å². The summed E-state index contributed by atoms with van der Waals surface area (Å²) in [6.07, 6.45) is 2.70. The fraction of sp³-hybridized carbons (Fsp3) is 0.333. The lowest BCUT2D eigenvalue weighted by atomic mass is 9.82. The van der Waals surface area contributed by atoms with Crippen molar-refractivity contribution in [2.75, 3.05) is 6.54 Å². The highest BCUT2D eigenvalue weighted by atomic mass is 16.1. The summed E-state index contributed by atoms with van der Waals surface area (Å²) in [7, 11) is 0.464. The molecule has 0 amide bonds. The van der Waals surface area contributed by atoms with Gasteiger partial charge in [-0.05, 0) is 31.0 Å². The van der Waals surface area contributed by atoms with Gasteiger partial charge in [0.1, 0.15) is 6.29 Å². The van der Waals surface area contributed by atoms with Gasteiger partial charge in [0.15, 0.2) is 0 Å². The molecule has 1 atom stereocenters. The smallest absolute Gasteiger partial charge is 0.281 e. The molecule has 16 heavy (non-hydrogen) atoms. The van der Waals surface area contributed by atoms with E-state index in [4.69, 9.17) is 0 Å². The van der Waals surface area contributed by atoms with Crippen LogP contribution in [0.15, 0.2) is 18.2 Å². The molecule has 1 heterocycles. The van der Waals surface area contributed by atoms with Crippen molar-refractivity contribution >= 4 is 19.9 Å². The normalized spacial score (nSPS) is 19.9.